The summed E-state index contributed by atoms with van der Waals surface area (Å²) < 4.78 is 11.0. The van der Waals surface area contributed by atoms with Crippen LogP contribution < -0.4 is 20.1 Å². The van der Waals surface area contributed by atoms with Crippen LogP contribution in [0.3, 0.4) is 0 Å². The van der Waals surface area contributed by atoms with E-state index >= 15 is 0 Å². The van der Waals surface area contributed by atoms with Crippen LogP contribution in [0.2, 0.25) is 0 Å². The van der Waals surface area contributed by atoms with Crippen molar-refractivity contribution in [2.45, 2.75) is 20.4 Å². The number of carbonyl (C=O) groups is 1. The van der Waals surface area contributed by atoms with E-state index in [1.54, 1.807) is 0 Å². The molecule has 0 bridgehead atoms. The third-order valence-electron chi connectivity index (χ3n) is 2.42. The van der Waals surface area contributed by atoms with Crippen LogP contribution >= 0.6 is 0 Å². The summed E-state index contributed by atoms with van der Waals surface area (Å²) in [7, 11) is 1.89. The van der Waals surface area contributed by atoms with Gasteiger partial charge in [-0.1, -0.05) is 6.07 Å². The molecule has 0 radical (unpaired) electrons. The largest absolute Gasteiger partial charge is 0.490 e. The fraction of sp³-hybridized carbons (Fsp3) is 0.500. The summed E-state index contributed by atoms with van der Waals surface area (Å²) in [5.74, 6) is 1.12. The number of ether oxygens (including phenoxy) is 2. The van der Waals surface area contributed by atoms with Gasteiger partial charge in [0.1, 0.15) is 0 Å². The molecule has 0 aliphatic rings. The number of benzene rings is 1. The molecule has 0 spiro atoms. The Morgan fingerprint density at radius 3 is 2.63 bits per heavy atom. The summed E-state index contributed by atoms with van der Waals surface area (Å²) >= 11 is 0. The Morgan fingerprint density at radius 1 is 1.21 bits per heavy atom. The summed E-state index contributed by atoms with van der Waals surface area (Å²) in [6.07, 6.45) is 0. The van der Waals surface area contributed by atoms with E-state index in [0.29, 0.717) is 24.7 Å². The van der Waals surface area contributed by atoms with Crippen molar-refractivity contribution in [3.63, 3.8) is 0 Å². The first-order chi connectivity index (χ1) is 9.21. The number of amides is 1. The average molecular weight is 266 g/mol. The van der Waals surface area contributed by atoms with Gasteiger partial charge < -0.3 is 20.1 Å². The van der Waals surface area contributed by atoms with Crippen molar-refractivity contribution < 1.29 is 14.3 Å². The Balaban J connectivity index is 2.72. The number of rotatable bonds is 8. The zero-order chi connectivity index (χ0) is 14.1. The lowest BCUT2D eigenvalue weighted by molar-refractivity contribution is -0.123. The second-order valence-electron chi connectivity index (χ2n) is 3.99. The van der Waals surface area contributed by atoms with Gasteiger partial charge in [-0.3, -0.25) is 4.79 Å². The molecule has 1 rings (SSSR count). The van der Waals surface area contributed by atoms with Crippen LogP contribution in [-0.2, 0) is 11.3 Å². The number of hydrogen-bond acceptors (Lipinski definition) is 4. The molecule has 5 heteroatoms. The lowest BCUT2D eigenvalue weighted by Crippen LogP contribution is -2.28. The Morgan fingerprint density at radius 2 is 2.00 bits per heavy atom. The summed E-state index contributed by atoms with van der Waals surface area (Å²) in [6, 6.07) is 5.70. The van der Waals surface area contributed by atoms with E-state index < -0.39 is 0 Å². The fourth-order valence-corrected chi connectivity index (χ4v) is 1.65. The number of likely N-dealkylation sites (N-methyl/N-ethyl adjacent to an activating group) is 1. The average Bonchev–Trinajstić information content (AvgIpc) is 2.39. The molecule has 1 amide bonds. The third-order valence-corrected chi connectivity index (χ3v) is 2.42. The Hall–Kier alpha value is -1.75. The minimum Gasteiger partial charge on any atom is -0.490 e. The van der Waals surface area contributed by atoms with Gasteiger partial charge >= 0.3 is 0 Å². The van der Waals surface area contributed by atoms with Crippen LogP contribution in [-0.4, -0.2) is 32.7 Å². The van der Waals surface area contributed by atoms with Gasteiger partial charge in [0.15, 0.2) is 18.1 Å². The summed E-state index contributed by atoms with van der Waals surface area (Å²) in [4.78, 5) is 11.4. The quantitative estimate of drug-likeness (QED) is 0.745. The van der Waals surface area contributed by atoms with Crippen LogP contribution in [0.1, 0.15) is 19.4 Å². The molecule has 0 saturated heterocycles. The van der Waals surface area contributed by atoms with Crippen molar-refractivity contribution in [1.82, 2.24) is 10.6 Å². The smallest absolute Gasteiger partial charge is 0.257 e. The highest BCUT2D eigenvalue weighted by Crippen LogP contribution is 2.28. The molecule has 2 N–H and O–H groups in total. The van der Waals surface area contributed by atoms with Crippen LogP contribution in [0.5, 0.6) is 11.5 Å². The fourth-order valence-electron chi connectivity index (χ4n) is 1.65. The van der Waals surface area contributed by atoms with E-state index in [9.17, 15) is 4.79 Å². The highest BCUT2D eigenvalue weighted by atomic mass is 16.5. The van der Waals surface area contributed by atoms with Crippen LogP contribution in [0.15, 0.2) is 18.2 Å². The monoisotopic (exact) mass is 266 g/mol. The Bertz CT molecular complexity index is 408. The molecule has 0 fully saturated rings. The number of carbonyl (C=O) groups excluding carboxylic acids is 1. The molecule has 0 aliphatic carbocycles. The Labute approximate surface area is 114 Å². The van der Waals surface area contributed by atoms with Crippen molar-refractivity contribution in [3.8, 4) is 11.5 Å². The Kier molecular flexibility index (Phi) is 6.74. The number of hydrogen-bond donors (Lipinski definition) is 2. The van der Waals surface area contributed by atoms with Crippen molar-refractivity contribution in [3.05, 3.63) is 23.8 Å². The van der Waals surface area contributed by atoms with Gasteiger partial charge in [-0.05, 0) is 38.6 Å². The van der Waals surface area contributed by atoms with Gasteiger partial charge in [0.05, 0.1) is 6.61 Å². The van der Waals surface area contributed by atoms with Crippen molar-refractivity contribution in [2.24, 2.45) is 0 Å². The first kappa shape index (κ1) is 15.3. The molecule has 1 aromatic rings. The highest BCUT2D eigenvalue weighted by molar-refractivity contribution is 5.77. The van der Waals surface area contributed by atoms with Gasteiger partial charge in [0.25, 0.3) is 5.91 Å². The summed E-state index contributed by atoms with van der Waals surface area (Å²) in [5.41, 5.74) is 1.11. The van der Waals surface area contributed by atoms with E-state index in [0.717, 1.165) is 12.1 Å². The van der Waals surface area contributed by atoms with Gasteiger partial charge in [-0.25, -0.2) is 0 Å². The maximum atomic E-state index is 11.4. The SMILES string of the molecule is CCNC(=O)COc1ccc(CNC)cc1OCC. The molecule has 19 heavy (non-hydrogen) atoms. The van der Waals surface area contributed by atoms with Gasteiger partial charge in [0.2, 0.25) is 0 Å². The predicted octanol–water partition coefficient (Wildman–Crippen LogP) is 1.32. The minimum atomic E-state index is -0.135. The van der Waals surface area contributed by atoms with Crippen LogP contribution in [0.4, 0.5) is 0 Å². The second kappa shape index (κ2) is 8.37. The van der Waals surface area contributed by atoms with Crippen molar-refractivity contribution in [1.29, 1.82) is 0 Å². The summed E-state index contributed by atoms with van der Waals surface area (Å²) in [6.45, 7) is 5.70. The van der Waals surface area contributed by atoms with E-state index in [-0.39, 0.29) is 12.5 Å². The van der Waals surface area contributed by atoms with Gasteiger partial charge in [-0.15, -0.1) is 0 Å². The first-order valence-electron chi connectivity index (χ1n) is 6.51. The minimum absolute atomic E-state index is 0.000706. The lowest BCUT2D eigenvalue weighted by Gasteiger charge is -2.13. The van der Waals surface area contributed by atoms with Gasteiger partial charge in [-0.2, -0.15) is 0 Å². The molecule has 0 saturated carbocycles. The predicted molar refractivity (Wildman–Crippen MR) is 74.6 cm³/mol. The normalized spacial score (nSPS) is 10.1. The molecule has 0 unspecified atom stereocenters. The molecule has 0 atom stereocenters. The van der Waals surface area contributed by atoms with Crippen molar-refractivity contribution in [2.75, 3.05) is 26.8 Å². The molecule has 106 valence electrons. The zero-order valence-electron chi connectivity index (χ0n) is 11.8. The first-order valence-corrected chi connectivity index (χ1v) is 6.51. The van der Waals surface area contributed by atoms with E-state index in [2.05, 4.69) is 10.6 Å². The molecule has 0 aromatic heterocycles. The standard InChI is InChI=1S/C14H22N2O3/c1-4-16-14(17)10-19-12-7-6-11(9-15-3)8-13(12)18-5-2/h6-8,15H,4-5,9-10H2,1-3H3,(H,16,17). The number of nitrogens with one attached hydrogen (secondary N) is 2. The zero-order valence-corrected chi connectivity index (χ0v) is 11.8. The van der Waals surface area contributed by atoms with E-state index in [1.165, 1.54) is 0 Å². The molecular weight excluding hydrogens is 244 g/mol. The summed E-state index contributed by atoms with van der Waals surface area (Å²) in [5, 5.41) is 5.76. The topological polar surface area (TPSA) is 59.6 Å². The molecule has 0 heterocycles. The maximum Gasteiger partial charge on any atom is 0.257 e. The molecule has 5 nitrogen and oxygen atoms in total. The van der Waals surface area contributed by atoms with Crippen molar-refractivity contribution >= 4 is 5.91 Å². The second-order valence-corrected chi connectivity index (χ2v) is 3.99. The third kappa shape index (κ3) is 5.18. The molecule has 1 aromatic carbocycles. The lowest BCUT2D eigenvalue weighted by atomic mass is 10.2. The van der Waals surface area contributed by atoms with Crippen LogP contribution in [0, 0.1) is 0 Å². The van der Waals surface area contributed by atoms with E-state index in [4.69, 9.17) is 9.47 Å². The maximum absolute atomic E-state index is 11.4. The van der Waals surface area contributed by atoms with Crippen LogP contribution in [0.25, 0.3) is 0 Å². The van der Waals surface area contributed by atoms with Gasteiger partial charge in [0, 0.05) is 13.1 Å². The van der Waals surface area contributed by atoms with E-state index in [1.807, 2.05) is 39.1 Å². The molecular formula is C14H22N2O3. The highest BCUT2D eigenvalue weighted by Gasteiger charge is 2.08. The molecule has 0 aliphatic heterocycles.